The molecule has 228 valence electrons. The maximum atomic E-state index is 13.9. The third-order valence-corrected chi connectivity index (χ3v) is 8.24. The lowest BCUT2D eigenvalue weighted by atomic mass is 10.0. The van der Waals surface area contributed by atoms with Crippen LogP contribution in [0.2, 0.25) is 0 Å². The van der Waals surface area contributed by atoms with Crippen molar-refractivity contribution in [2.24, 2.45) is 17.8 Å². The summed E-state index contributed by atoms with van der Waals surface area (Å²) in [7, 11) is 0. The maximum Gasteiger partial charge on any atom is 0.437 e. The highest BCUT2D eigenvalue weighted by Crippen LogP contribution is 2.36. The quantitative estimate of drug-likeness (QED) is 0.382. The Kier molecular flexibility index (Phi) is 7.61. The first kappa shape index (κ1) is 28.7. The van der Waals surface area contributed by atoms with Gasteiger partial charge in [0.1, 0.15) is 11.6 Å². The predicted molar refractivity (Wildman–Crippen MR) is 150 cm³/mol. The minimum absolute atomic E-state index is 0.137. The van der Waals surface area contributed by atoms with Gasteiger partial charge in [0.2, 0.25) is 5.76 Å². The zero-order chi connectivity index (χ0) is 30.3. The first-order chi connectivity index (χ1) is 20.5. The van der Waals surface area contributed by atoms with Crippen molar-refractivity contribution in [3.05, 3.63) is 59.9 Å². The molecule has 3 fully saturated rings. The Balaban J connectivity index is 1.06. The van der Waals surface area contributed by atoms with Crippen LogP contribution in [0.3, 0.4) is 0 Å². The van der Waals surface area contributed by atoms with E-state index in [4.69, 9.17) is 4.42 Å². The Morgan fingerprint density at radius 2 is 1.72 bits per heavy atom. The van der Waals surface area contributed by atoms with Gasteiger partial charge in [0.05, 0.1) is 17.6 Å². The SMILES string of the molecule is CC1CCCN(c2nc(C(F)(F)F)c(C(=O)Nc3ccc(N4CC5CN(C(=O)Nc6ccccc6F)CC5C4)nc3)o2)C1. The van der Waals surface area contributed by atoms with E-state index in [9.17, 15) is 27.2 Å². The maximum absolute atomic E-state index is 13.9. The molecule has 43 heavy (non-hydrogen) atoms. The summed E-state index contributed by atoms with van der Waals surface area (Å²) in [6.07, 6.45) is -1.72. The van der Waals surface area contributed by atoms with Gasteiger partial charge in [-0.15, -0.1) is 0 Å². The number of carbonyl (C=O) groups is 2. The van der Waals surface area contributed by atoms with Crippen LogP contribution in [0.5, 0.6) is 0 Å². The van der Waals surface area contributed by atoms with Crippen LogP contribution in [0, 0.1) is 23.6 Å². The lowest BCUT2D eigenvalue weighted by molar-refractivity contribution is -0.141. The molecule has 3 unspecified atom stereocenters. The Morgan fingerprint density at radius 1 is 0.977 bits per heavy atom. The molecule has 0 spiro atoms. The van der Waals surface area contributed by atoms with Crippen molar-refractivity contribution >= 4 is 35.1 Å². The Hall–Kier alpha value is -4.36. The number of carbonyl (C=O) groups excluding carboxylic acids is 2. The fourth-order valence-corrected chi connectivity index (χ4v) is 6.09. The van der Waals surface area contributed by atoms with Crippen molar-refractivity contribution in [1.82, 2.24) is 14.9 Å². The van der Waals surface area contributed by atoms with Crippen molar-refractivity contribution in [2.45, 2.75) is 25.9 Å². The van der Waals surface area contributed by atoms with Gasteiger partial charge in [0.25, 0.3) is 11.9 Å². The molecule has 0 aliphatic carbocycles. The minimum Gasteiger partial charge on any atom is -0.417 e. The number of benzene rings is 1. The van der Waals surface area contributed by atoms with Crippen LogP contribution >= 0.6 is 0 Å². The molecule has 0 radical (unpaired) electrons. The molecule has 14 heteroatoms. The van der Waals surface area contributed by atoms with Crippen LogP contribution in [0.1, 0.15) is 36.0 Å². The average molecular weight is 602 g/mol. The van der Waals surface area contributed by atoms with E-state index in [0.29, 0.717) is 45.1 Å². The van der Waals surface area contributed by atoms with Gasteiger partial charge in [-0.3, -0.25) is 4.79 Å². The standard InChI is InChI=1S/C29H31F4N7O3/c1-17-5-4-10-38(12-17)28-37-25(29(31,32)33)24(43-28)26(41)35-20-8-9-23(34-11-20)39-13-18-15-40(16-19(18)14-39)27(42)36-22-7-3-2-6-21(22)30/h2-3,6-9,11,17-19H,4-5,10,12-16H2,1H3,(H,35,41)(H,36,42). The van der Waals surface area contributed by atoms with Crippen molar-refractivity contribution < 1.29 is 31.6 Å². The fourth-order valence-electron chi connectivity index (χ4n) is 6.09. The van der Waals surface area contributed by atoms with E-state index in [1.807, 2.05) is 6.92 Å². The number of para-hydroxylation sites is 1. The Bertz CT molecular complexity index is 1480. The summed E-state index contributed by atoms with van der Waals surface area (Å²) in [6.45, 7) is 5.35. The lowest BCUT2D eigenvalue weighted by Crippen LogP contribution is -2.36. The van der Waals surface area contributed by atoms with Crippen LogP contribution in [0.4, 0.5) is 45.6 Å². The van der Waals surface area contributed by atoms with E-state index < -0.39 is 29.4 Å². The number of likely N-dealkylation sites (tertiary alicyclic amines) is 1. The second-order valence-electron chi connectivity index (χ2n) is 11.5. The number of rotatable bonds is 5. The molecule has 3 amide bonds. The number of nitrogens with one attached hydrogen (secondary N) is 2. The van der Waals surface area contributed by atoms with Gasteiger partial charge in [-0.05, 0) is 43.0 Å². The minimum atomic E-state index is -4.86. The summed E-state index contributed by atoms with van der Waals surface area (Å²) >= 11 is 0. The molecule has 0 saturated carbocycles. The van der Waals surface area contributed by atoms with E-state index in [0.717, 1.165) is 12.8 Å². The van der Waals surface area contributed by atoms with Gasteiger partial charge in [-0.25, -0.2) is 14.2 Å². The van der Waals surface area contributed by atoms with Crippen LogP contribution in [0.25, 0.3) is 0 Å². The van der Waals surface area contributed by atoms with Crippen molar-refractivity contribution in [2.75, 3.05) is 59.7 Å². The molecule has 3 atom stereocenters. The largest absolute Gasteiger partial charge is 0.437 e. The molecule has 1 aromatic carbocycles. The molecule has 5 heterocycles. The number of hydrogen-bond donors (Lipinski definition) is 2. The normalized spacial score (nSPS) is 22.1. The van der Waals surface area contributed by atoms with Gasteiger partial charge in [-0.2, -0.15) is 18.2 Å². The van der Waals surface area contributed by atoms with Gasteiger partial charge in [0, 0.05) is 51.1 Å². The van der Waals surface area contributed by atoms with Gasteiger partial charge < -0.3 is 29.8 Å². The number of hydrogen-bond acceptors (Lipinski definition) is 7. The van der Waals surface area contributed by atoms with Gasteiger partial charge in [0.15, 0.2) is 5.69 Å². The molecular weight excluding hydrogens is 570 g/mol. The topological polar surface area (TPSA) is 107 Å². The van der Waals surface area contributed by atoms with Crippen LogP contribution < -0.4 is 20.4 Å². The summed E-state index contributed by atoms with van der Waals surface area (Å²) in [4.78, 5) is 39.0. The smallest absolute Gasteiger partial charge is 0.417 e. The van der Waals surface area contributed by atoms with Gasteiger partial charge in [-0.1, -0.05) is 19.1 Å². The molecular formula is C29H31F4N7O3. The molecule has 0 bridgehead atoms. The zero-order valence-corrected chi connectivity index (χ0v) is 23.4. The summed E-state index contributed by atoms with van der Waals surface area (Å²) in [5.74, 6) is -1.11. The zero-order valence-electron chi connectivity index (χ0n) is 23.4. The molecule has 3 aliphatic heterocycles. The van der Waals surface area contributed by atoms with Crippen molar-refractivity contribution in [3.8, 4) is 0 Å². The Labute approximate surface area is 245 Å². The van der Waals surface area contributed by atoms with Crippen LogP contribution in [-0.2, 0) is 6.18 Å². The lowest BCUT2D eigenvalue weighted by Gasteiger charge is -2.29. The number of halogens is 4. The average Bonchev–Trinajstić information content (AvgIpc) is 3.69. The number of urea groups is 1. The molecule has 3 aromatic rings. The van der Waals surface area contributed by atoms with E-state index in [2.05, 4.69) is 25.5 Å². The number of anilines is 4. The number of oxazole rings is 1. The summed E-state index contributed by atoms with van der Waals surface area (Å²) in [5.41, 5.74) is -1.01. The first-order valence-electron chi connectivity index (χ1n) is 14.2. The summed E-state index contributed by atoms with van der Waals surface area (Å²) in [5, 5.41) is 5.07. The van der Waals surface area contributed by atoms with Crippen LogP contribution in [-0.4, -0.2) is 66.1 Å². The van der Waals surface area contributed by atoms with E-state index in [1.54, 1.807) is 34.1 Å². The summed E-state index contributed by atoms with van der Waals surface area (Å²) in [6, 6.07) is 8.71. The van der Waals surface area contributed by atoms with E-state index >= 15 is 0 Å². The second-order valence-corrected chi connectivity index (χ2v) is 11.5. The number of piperidine rings is 1. The third-order valence-electron chi connectivity index (χ3n) is 8.24. The van der Waals surface area contributed by atoms with Crippen LogP contribution in [0.15, 0.2) is 47.0 Å². The summed E-state index contributed by atoms with van der Waals surface area (Å²) < 4.78 is 60.5. The third kappa shape index (κ3) is 6.09. The van der Waals surface area contributed by atoms with E-state index in [1.165, 1.54) is 18.3 Å². The highest BCUT2D eigenvalue weighted by Gasteiger charge is 2.43. The van der Waals surface area contributed by atoms with Crippen molar-refractivity contribution in [1.29, 1.82) is 0 Å². The molecule has 3 aliphatic rings. The van der Waals surface area contributed by atoms with Crippen molar-refractivity contribution in [3.63, 3.8) is 0 Å². The number of nitrogens with zero attached hydrogens (tertiary/aromatic N) is 5. The molecule has 2 N–H and O–H groups in total. The van der Waals surface area contributed by atoms with Gasteiger partial charge >= 0.3 is 12.2 Å². The predicted octanol–water partition coefficient (Wildman–Crippen LogP) is 5.32. The first-order valence-corrected chi connectivity index (χ1v) is 14.2. The number of fused-ring (bicyclic) bond motifs is 1. The number of pyridine rings is 1. The molecule has 10 nitrogen and oxygen atoms in total. The monoisotopic (exact) mass is 601 g/mol. The number of amides is 3. The highest BCUT2D eigenvalue weighted by atomic mass is 19.4. The Morgan fingerprint density at radius 3 is 2.37 bits per heavy atom. The van der Waals surface area contributed by atoms with E-state index in [-0.39, 0.29) is 41.2 Å². The highest BCUT2D eigenvalue weighted by molar-refractivity contribution is 6.03. The number of aromatic nitrogens is 2. The number of alkyl halides is 3. The molecule has 3 saturated heterocycles. The molecule has 2 aromatic heterocycles. The second kappa shape index (κ2) is 11.4. The molecule has 6 rings (SSSR count). The fraction of sp³-hybridized carbons (Fsp3) is 0.448.